The number of hydrogen-bond acceptors (Lipinski definition) is 2. The average molecular weight is 982 g/mol. The third-order valence-corrected chi connectivity index (χ3v) is 10.4. The van der Waals surface area contributed by atoms with E-state index in [0.29, 0.717) is 28.2 Å². The number of imidazole rings is 2. The van der Waals surface area contributed by atoms with Crippen molar-refractivity contribution in [3.8, 4) is 56.6 Å². The van der Waals surface area contributed by atoms with Gasteiger partial charge in [-0.1, -0.05) is 148 Å². The maximum absolute atomic E-state index is 9.01. The van der Waals surface area contributed by atoms with Crippen LogP contribution in [0.3, 0.4) is 0 Å². The normalized spacial score (nSPS) is 13.8. The molecule has 61 heavy (non-hydrogen) atoms. The van der Waals surface area contributed by atoms with Gasteiger partial charge in [-0.3, -0.25) is 9.13 Å². The van der Waals surface area contributed by atoms with Crippen LogP contribution in [-0.4, -0.2) is 14.1 Å². The van der Waals surface area contributed by atoms with Crippen LogP contribution in [-0.2, 0) is 26.5 Å². The Labute approximate surface area is 384 Å². The summed E-state index contributed by atoms with van der Waals surface area (Å²) in [7, 11) is 0. The Balaban J connectivity index is 0.00000624. The molecule has 10 rings (SSSR count). The van der Waals surface area contributed by atoms with Gasteiger partial charge in [0.2, 0.25) is 0 Å². The summed E-state index contributed by atoms with van der Waals surface area (Å²) in [4.78, 5) is 4.82. The minimum Gasteiger partial charge on any atom is -0.510 e. The van der Waals surface area contributed by atoms with Crippen molar-refractivity contribution in [2.45, 2.75) is 33.1 Å². The number of ether oxygens (including phenoxy) is 1. The number of para-hydroxylation sites is 4. The van der Waals surface area contributed by atoms with Gasteiger partial charge in [-0.2, -0.15) is 12.1 Å². The summed E-state index contributed by atoms with van der Waals surface area (Å²) >= 11 is 0. The monoisotopic (exact) mass is 981 g/mol. The van der Waals surface area contributed by atoms with E-state index in [2.05, 4.69) is 66.6 Å². The number of benzene rings is 7. The molecule has 0 saturated heterocycles. The van der Waals surface area contributed by atoms with Gasteiger partial charge in [0.15, 0.2) is 5.82 Å². The van der Waals surface area contributed by atoms with Crippen LogP contribution in [0, 0.1) is 25.4 Å². The number of nitrogens with zero attached hydrogens (tertiary/aromatic N) is 5. The molecule has 0 spiro atoms. The fourth-order valence-electron chi connectivity index (χ4n) is 7.60. The minimum atomic E-state index is -0.573. The number of aromatic nitrogens is 5. The van der Waals surface area contributed by atoms with Crippen LogP contribution >= 0.6 is 0 Å². The molecule has 0 aliphatic rings. The molecule has 10 aromatic rings. The van der Waals surface area contributed by atoms with Crippen LogP contribution < -0.4 is 13.9 Å². The Morgan fingerprint density at radius 2 is 1.33 bits per heavy atom. The third-order valence-electron chi connectivity index (χ3n) is 10.4. The van der Waals surface area contributed by atoms with E-state index in [0.717, 1.165) is 33.9 Å². The smallest absolute Gasteiger partial charge is 0.268 e. The van der Waals surface area contributed by atoms with Crippen molar-refractivity contribution in [1.29, 1.82) is 0 Å². The zero-order valence-corrected chi connectivity index (χ0v) is 35.8. The Bertz CT molecular complexity index is 3630. The van der Waals surface area contributed by atoms with E-state index in [9.17, 15) is 0 Å². The molecule has 300 valence electrons. The molecular formula is C54H42N5OPt-. The van der Waals surface area contributed by atoms with Crippen LogP contribution in [0.25, 0.3) is 67.2 Å². The van der Waals surface area contributed by atoms with Gasteiger partial charge in [-0.15, -0.1) is 29.2 Å². The van der Waals surface area contributed by atoms with Gasteiger partial charge in [-0.05, 0) is 57.1 Å². The molecule has 0 amide bonds. The molecule has 6 nitrogen and oxygen atoms in total. The zero-order chi connectivity index (χ0) is 49.5. The molecule has 0 N–H and O–H groups in total. The number of rotatable bonds is 8. The van der Waals surface area contributed by atoms with Gasteiger partial charge in [0.1, 0.15) is 6.20 Å². The van der Waals surface area contributed by atoms with Gasteiger partial charge in [-0.25, -0.2) is 4.57 Å². The maximum atomic E-state index is 9.01. The fourth-order valence-corrected chi connectivity index (χ4v) is 7.60. The summed E-state index contributed by atoms with van der Waals surface area (Å²) in [5, 5.41) is 0. The summed E-state index contributed by atoms with van der Waals surface area (Å²) < 4.78 is 101. The molecular weight excluding hydrogens is 930 g/mol. The van der Waals surface area contributed by atoms with Crippen molar-refractivity contribution in [2.24, 2.45) is 0 Å². The SMILES string of the molecule is [2H]c1c([2H])c([2H])c(-c2cccc(-c3c([2H])c([2H])c([2H])c([2H])c3[2H])c2-[n+]2[c-]n(-c3[c-]c(Oc4[c-]c5c(cc4)n(-c4ccccc4)c(C)[n+]5-c4cc(C(C)(C)C)ccn4)ccc3)c3ccccc32)c([2H])c1[2H].[Pt]. The average Bonchev–Trinajstić information content (AvgIpc) is 3.88. The summed E-state index contributed by atoms with van der Waals surface area (Å²) in [6, 6.07) is 37.1. The third kappa shape index (κ3) is 7.38. The fraction of sp³-hybridized carbons (Fsp3) is 0.0926. The van der Waals surface area contributed by atoms with Crippen LogP contribution in [0.1, 0.15) is 45.9 Å². The quantitative estimate of drug-likeness (QED) is 0.112. The predicted molar refractivity (Wildman–Crippen MR) is 238 cm³/mol. The van der Waals surface area contributed by atoms with Crippen LogP contribution in [0.5, 0.6) is 11.5 Å². The Hall–Kier alpha value is -6.88. The second kappa shape index (κ2) is 16.3. The first-order valence-electron chi connectivity index (χ1n) is 24.4. The van der Waals surface area contributed by atoms with E-state index < -0.39 is 60.4 Å². The van der Waals surface area contributed by atoms with Crippen molar-refractivity contribution in [2.75, 3.05) is 0 Å². The van der Waals surface area contributed by atoms with E-state index in [1.54, 1.807) is 39.5 Å². The first-order chi connectivity index (χ1) is 33.5. The first kappa shape index (κ1) is 29.4. The van der Waals surface area contributed by atoms with E-state index in [4.69, 9.17) is 23.4 Å². The van der Waals surface area contributed by atoms with E-state index in [1.165, 1.54) is 0 Å². The Morgan fingerprint density at radius 3 is 2.03 bits per heavy atom. The van der Waals surface area contributed by atoms with Crippen molar-refractivity contribution in [1.82, 2.24) is 14.1 Å². The molecule has 7 heteroatoms. The maximum Gasteiger partial charge on any atom is 0.268 e. The van der Waals surface area contributed by atoms with Gasteiger partial charge in [0.05, 0.1) is 36.1 Å². The predicted octanol–water partition coefficient (Wildman–Crippen LogP) is 11.7. The molecule has 0 aliphatic heterocycles. The van der Waals surface area contributed by atoms with Gasteiger partial charge in [0.25, 0.3) is 12.1 Å². The van der Waals surface area contributed by atoms with Gasteiger partial charge < -0.3 is 9.30 Å². The molecule has 7 aromatic carbocycles. The number of hydrogen-bond donors (Lipinski definition) is 0. The van der Waals surface area contributed by atoms with Crippen molar-refractivity contribution >= 4 is 22.1 Å². The van der Waals surface area contributed by atoms with Crippen molar-refractivity contribution < 1.29 is 48.6 Å². The van der Waals surface area contributed by atoms with Crippen molar-refractivity contribution in [3.05, 3.63) is 212 Å². The topological polar surface area (TPSA) is 39.7 Å². The zero-order valence-electron chi connectivity index (χ0n) is 43.5. The van der Waals surface area contributed by atoms with E-state index >= 15 is 0 Å². The van der Waals surface area contributed by atoms with Crippen LogP contribution in [0.2, 0.25) is 0 Å². The molecule has 0 saturated carbocycles. The minimum absolute atomic E-state index is 0. The molecule has 3 aromatic heterocycles. The Morgan fingerprint density at radius 1 is 0.672 bits per heavy atom. The second-order valence-corrected chi connectivity index (χ2v) is 15.2. The number of fused-ring (bicyclic) bond motifs is 2. The first-order valence-corrected chi connectivity index (χ1v) is 19.4. The van der Waals surface area contributed by atoms with Crippen molar-refractivity contribution in [3.63, 3.8) is 0 Å². The largest absolute Gasteiger partial charge is 0.510 e. The summed E-state index contributed by atoms with van der Waals surface area (Å²) in [6.45, 7) is 8.54. The molecule has 0 bridgehead atoms. The molecule has 3 heterocycles. The van der Waals surface area contributed by atoms with Crippen LogP contribution in [0.15, 0.2) is 182 Å². The summed E-state index contributed by atoms with van der Waals surface area (Å²) in [5.74, 6) is 2.41. The van der Waals surface area contributed by atoms with Crippen LogP contribution in [0.4, 0.5) is 0 Å². The molecule has 0 unspecified atom stereocenters. The van der Waals surface area contributed by atoms with Gasteiger partial charge in [0, 0.05) is 56.6 Å². The molecule has 0 radical (unpaired) electrons. The summed E-state index contributed by atoms with van der Waals surface area (Å²) in [5.41, 5.74) is 5.41. The van der Waals surface area contributed by atoms with E-state index in [-0.39, 0.29) is 54.4 Å². The standard InChI is InChI=1S/C54H42N5O.Pt/c1-38-58(42-22-12-7-13-23-42)50-31-30-45(36-51(50)59(38)52-34-41(32-33-55-52)54(2,3)4)60-44-25-16-24-43(35-44)56-37-57(49-29-15-14-28-48(49)56)53-46(39-18-8-5-9-19-39)26-17-27-47(53)40-20-10-6-11-21-40;/h5-34H,1-4H3;/q-1;/i5D,6D,8D,9D,10D,11D,18D,19D,20D,21D;. The molecule has 0 atom stereocenters. The molecule has 0 fully saturated rings. The molecule has 0 aliphatic carbocycles. The second-order valence-electron chi connectivity index (χ2n) is 15.2. The Kier molecular flexibility index (Phi) is 7.84. The van der Waals surface area contributed by atoms with E-state index in [1.807, 2.05) is 79.9 Å². The number of pyridine rings is 1. The van der Waals surface area contributed by atoms with Gasteiger partial charge >= 0.3 is 0 Å². The summed E-state index contributed by atoms with van der Waals surface area (Å²) in [6.07, 6.45) is 5.23.